The van der Waals surface area contributed by atoms with Crippen LogP contribution in [-0.4, -0.2) is 21.9 Å². The van der Waals surface area contributed by atoms with Crippen LogP contribution < -0.4 is 11.3 Å². The number of thiazole rings is 2. The van der Waals surface area contributed by atoms with Crippen LogP contribution in [0.2, 0.25) is 0 Å². The summed E-state index contributed by atoms with van der Waals surface area (Å²) in [6, 6.07) is 0. The van der Waals surface area contributed by atoms with E-state index in [1.807, 2.05) is 18.6 Å². The number of nitrogens with one attached hydrogen (secondary N) is 1. The van der Waals surface area contributed by atoms with Crippen molar-refractivity contribution in [1.29, 1.82) is 0 Å². The van der Waals surface area contributed by atoms with E-state index in [9.17, 15) is 0 Å². The van der Waals surface area contributed by atoms with E-state index in [2.05, 4.69) is 27.3 Å². The molecule has 17 heavy (non-hydrogen) atoms. The van der Waals surface area contributed by atoms with Gasteiger partial charge >= 0.3 is 0 Å². The molecule has 0 bridgehead atoms. The molecule has 3 N–H and O–H groups in total. The Morgan fingerprint density at radius 2 is 2.24 bits per heavy atom. The fourth-order valence-electron chi connectivity index (χ4n) is 1.49. The molecule has 0 spiro atoms. The lowest BCUT2D eigenvalue weighted by atomic mass is 10.3. The van der Waals surface area contributed by atoms with Crippen LogP contribution in [0.1, 0.15) is 15.4 Å². The van der Waals surface area contributed by atoms with Gasteiger partial charge in [0.2, 0.25) is 0 Å². The highest BCUT2D eigenvalue weighted by atomic mass is 32.1. The number of nitrogens with zero attached hydrogens (tertiary/aromatic N) is 3. The first kappa shape index (κ1) is 12.4. The Labute approximate surface area is 108 Å². The maximum atomic E-state index is 5.30. The molecule has 2 rings (SSSR count). The first-order valence-corrected chi connectivity index (χ1v) is 6.87. The summed E-state index contributed by atoms with van der Waals surface area (Å²) in [5, 5.41) is 0.752. The molecule has 0 saturated carbocycles. The molecule has 0 aliphatic carbocycles. The van der Waals surface area contributed by atoms with Crippen LogP contribution in [0.5, 0.6) is 0 Å². The Balaban J connectivity index is 1.93. The van der Waals surface area contributed by atoms with Crippen molar-refractivity contribution >= 4 is 27.8 Å². The summed E-state index contributed by atoms with van der Waals surface area (Å²) >= 11 is 3.28. The number of nitrogens with two attached hydrogens (primary N) is 1. The van der Waals surface area contributed by atoms with Crippen LogP contribution in [-0.2, 0) is 13.1 Å². The summed E-state index contributed by atoms with van der Waals surface area (Å²) in [6.07, 6.45) is 1.86. The van der Waals surface area contributed by atoms with Gasteiger partial charge in [0.1, 0.15) is 0 Å². The van der Waals surface area contributed by atoms with Gasteiger partial charge in [-0.15, -0.1) is 11.3 Å². The van der Waals surface area contributed by atoms with Crippen LogP contribution in [0.25, 0.3) is 0 Å². The molecule has 0 saturated heterocycles. The fraction of sp³-hybridized carbons (Fsp3) is 0.400. The van der Waals surface area contributed by atoms with E-state index < -0.39 is 0 Å². The summed E-state index contributed by atoms with van der Waals surface area (Å²) in [7, 11) is 2.09. The SMILES string of the molecule is Cc1ncsc1CN(C)Cc1cnc(NN)s1. The Morgan fingerprint density at radius 3 is 2.82 bits per heavy atom. The Kier molecular flexibility index (Phi) is 4.06. The molecule has 0 fully saturated rings. The molecular weight excluding hydrogens is 254 g/mol. The van der Waals surface area contributed by atoms with Crippen molar-refractivity contribution in [3.05, 3.63) is 27.2 Å². The lowest BCUT2D eigenvalue weighted by molar-refractivity contribution is 0.324. The molecule has 5 nitrogen and oxygen atoms in total. The van der Waals surface area contributed by atoms with Gasteiger partial charge in [-0.1, -0.05) is 11.3 Å². The summed E-state index contributed by atoms with van der Waals surface area (Å²) in [4.78, 5) is 13.2. The van der Waals surface area contributed by atoms with Crippen LogP contribution in [0, 0.1) is 6.92 Å². The molecule has 0 unspecified atom stereocenters. The monoisotopic (exact) mass is 269 g/mol. The van der Waals surface area contributed by atoms with E-state index in [1.54, 1.807) is 22.7 Å². The molecule has 0 aliphatic heterocycles. The molecule has 0 amide bonds. The van der Waals surface area contributed by atoms with Gasteiger partial charge in [-0.2, -0.15) is 0 Å². The molecule has 0 atom stereocenters. The summed E-state index contributed by atoms with van der Waals surface area (Å²) in [5.74, 6) is 5.30. The molecule has 0 aliphatic rings. The minimum atomic E-state index is 0.752. The van der Waals surface area contributed by atoms with Gasteiger partial charge in [0, 0.05) is 29.0 Å². The highest BCUT2D eigenvalue weighted by Gasteiger charge is 2.08. The van der Waals surface area contributed by atoms with E-state index in [0.717, 1.165) is 23.9 Å². The zero-order valence-corrected chi connectivity index (χ0v) is 11.4. The Morgan fingerprint density at radius 1 is 1.41 bits per heavy atom. The van der Waals surface area contributed by atoms with Crippen molar-refractivity contribution in [3.8, 4) is 0 Å². The van der Waals surface area contributed by atoms with Gasteiger partial charge in [-0.3, -0.25) is 10.3 Å². The van der Waals surface area contributed by atoms with Crippen LogP contribution in [0.3, 0.4) is 0 Å². The molecule has 92 valence electrons. The lowest BCUT2D eigenvalue weighted by Crippen LogP contribution is -2.16. The maximum Gasteiger partial charge on any atom is 0.197 e. The van der Waals surface area contributed by atoms with E-state index in [4.69, 9.17) is 5.84 Å². The number of anilines is 1. The smallest absolute Gasteiger partial charge is 0.197 e. The summed E-state index contributed by atoms with van der Waals surface area (Å²) in [5.41, 5.74) is 5.57. The third-order valence-corrected chi connectivity index (χ3v) is 4.19. The molecule has 2 aromatic rings. The van der Waals surface area contributed by atoms with Gasteiger partial charge in [-0.25, -0.2) is 15.8 Å². The normalized spacial score (nSPS) is 11.1. The van der Waals surface area contributed by atoms with Crippen LogP contribution >= 0.6 is 22.7 Å². The molecule has 0 radical (unpaired) electrons. The average Bonchev–Trinajstić information content (AvgIpc) is 2.89. The largest absolute Gasteiger partial charge is 0.300 e. The molecular formula is C10H15N5S2. The highest BCUT2D eigenvalue weighted by molar-refractivity contribution is 7.15. The quantitative estimate of drug-likeness (QED) is 0.640. The molecule has 2 heterocycles. The Bertz CT molecular complexity index is 479. The third kappa shape index (κ3) is 3.22. The average molecular weight is 269 g/mol. The molecule has 2 aromatic heterocycles. The number of aromatic nitrogens is 2. The van der Waals surface area contributed by atoms with Crippen LogP contribution in [0.15, 0.2) is 11.7 Å². The Hall–Kier alpha value is -1.02. The van der Waals surface area contributed by atoms with Gasteiger partial charge in [0.05, 0.1) is 11.2 Å². The second kappa shape index (κ2) is 5.54. The van der Waals surface area contributed by atoms with Gasteiger partial charge < -0.3 is 0 Å². The predicted octanol–water partition coefficient (Wildman–Crippen LogP) is 1.83. The second-order valence-electron chi connectivity index (χ2n) is 3.81. The zero-order valence-electron chi connectivity index (χ0n) is 9.80. The van der Waals surface area contributed by atoms with Gasteiger partial charge in [0.15, 0.2) is 5.13 Å². The van der Waals surface area contributed by atoms with E-state index in [0.29, 0.717) is 0 Å². The van der Waals surface area contributed by atoms with Crippen molar-refractivity contribution < 1.29 is 0 Å². The maximum absolute atomic E-state index is 5.30. The van der Waals surface area contributed by atoms with Crippen LogP contribution in [0.4, 0.5) is 5.13 Å². The van der Waals surface area contributed by atoms with Crippen molar-refractivity contribution in [2.24, 2.45) is 5.84 Å². The van der Waals surface area contributed by atoms with Crippen molar-refractivity contribution in [3.63, 3.8) is 0 Å². The van der Waals surface area contributed by atoms with E-state index >= 15 is 0 Å². The van der Waals surface area contributed by atoms with Crippen molar-refractivity contribution in [2.45, 2.75) is 20.0 Å². The van der Waals surface area contributed by atoms with E-state index in [-0.39, 0.29) is 0 Å². The summed E-state index contributed by atoms with van der Waals surface area (Å²) < 4.78 is 0. The number of hydrogen-bond acceptors (Lipinski definition) is 7. The standard InChI is InChI=1S/C10H15N5S2/c1-7-9(16-6-13-7)5-15(2)4-8-3-12-10(14-11)17-8/h3,6H,4-5,11H2,1-2H3,(H,12,14). The number of nitrogen functional groups attached to an aromatic ring is 1. The second-order valence-corrected chi connectivity index (χ2v) is 5.86. The molecule has 0 aromatic carbocycles. The minimum Gasteiger partial charge on any atom is -0.300 e. The van der Waals surface area contributed by atoms with Gasteiger partial charge in [0.25, 0.3) is 0 Å². The minimum absolute atomic E-state index is 0.752. The number of hydrazine groups is 1. The van der Waals surface area contributed by atoms with Crippen molar-refractivity contribution in [1.82, 2.24) is 14.9 Å². The predicted molar refractivity (Wildman–Crippen MR) is 71.9 cm³/mol. The molecule has 7 heteroatoms. The fourth-order valence-corrected chi connectivity index (χ4v) is 3.15. The third-order valence-electron chi connectivity index (χ3n) is 2.36. The number of aryl methyl sites for hydroxylation is 1. The highest BCUT2D eigenvalue weighted by Crippen LogP contribution is 2.20. The van der Waals surface area contributed by atoms with E-state index in [1.165, 1.54) is 9.75 Å². The topological polar surface area (TPSA) is 67.1 Å². The number of rotatable bonds is 5. The first-order valence-electron chi connectivity index (χ1n) is 5.18. The zero-order chi connectivity index (χ0) is 12.3. The summed E-state index contributed by atoms with van der Waals surface area (Å²) in [6.45, 7) is 3.83. The number of hydrogen-bond donors (Lipinski definition) is 2. The van der Waals surface area contributed by atoms with Gasteiger partial charge in [-0.05, 0) is 14.0 Å². The first-order chi connectivity index (χ1) is 8.19. The van der Waals surface area contributed by atoms with Crippen molar-refractivity contribution in [2.75, 3.05) is 12.5 Å². The lowest BCUT2D eigenvalue weighted by Gasteiger charge is -2.14.